The zero-order chi connectivity index (χ0) is 9.84. The van der Waals surface area contributed by atoms with Crippen molar-refractivity contribution in [3.05, 3.63) is 18.3 Å². The summed E-state index contributed by atoms with van der Waals surface area (Å²) in [5.41, 5.74) is 1.17. The molecule has 0 saturated heterocycles. The number of aromatic nitrogens is 1. The molecular weight excluding hydrogens is 277 g/mol. The molecule has 0 unspecified atom stereocenters. The average molecular weight is 291 g/mol. The molecule has 3 nitrogen and oxygen atoms in total. The number of halogens is 1. The molecule has 0 amide bonds. The van der Waals surface area contributed by atoms with Gasteiger partial charge >= 0.3 is 0 Å². The minimum absolute atomic E-state index is 0.989. The van der Waals surface area contributed by atoms with Crippen molar-refractivity contribution >= 4 is 34.4 Å². The van der Waals surface area contributed by atoms with Crippen molar-refractivity contribution in [3.63, 3.8) is 0 Å². The van der Waals surface area contributed by atoms with Gasteiger partial charge in [-0.15, -0.1) is 0 Å². The van der Waals surface area contributed by atoms with E-state index in [1.54, 1.807) is 0 Å². The van der Waals surface area contributed by atoms with E-state index in [-0.39, 0.29) is 0 Å². The standard InChI is InChI=1S/C9H14IN3/c1-4-12(2)8-6-5-7-11-9(8)13(3)10/h5-7H,4H2,1-3H3. The molecule has 4 heteroatoms. The molecule has 1 heterocycles. The third-order valence-corrected chi connectivity index (χ3v) is 2.40. The summed E-state index contributed by atoms with van der Waals surface area (Å²) < 4.78 is 2.00. The molecule has 0 radical (unpaired) electrons. The Morgan fingerprint density at radius 3 is 2.69 bits per heavy atom. The van der Waals surface area contributed by atoms with Gasteiger partial charge in [-0.3, -0.25) is 0 Å². The maximum atomic E-state index is 4.32. The van der Waals surface area contributed by atoms with Crippen LogP contribution in [0.25, 0.3) is 0 Å². The summed E-state index contributed by atoms with van der Waals surface area (Å²) >= 11 is 2.23. The summed E-state index contributed by atoms with van der Waals surface area (Å²) in [4.78, 5) is 6.50. The van der Waals surface area contributed by atoms with Crippen LogP contribution in [0.4, 0.5) is 11.5 Å². The molecule has 1 aromatic heterocycles. The van der Waals surface area contributed by atoms with E-state index >= 15 is 0 Å². The van der Waals surface area contributed by atoms with Gasteiger partial charge < -0.3 is 8.01 Å². The van der Waals surface area contributed by atoms with E-state index in [0.717, 1.165) is 12.4 Å². The lowest BCUT2D eigenvalue weighted by molar-refractivity contribution is 0.960. The number of anilines is 2. The van der Waals surface area contributed by atoms with Crippen LogP contribution < -0.4 is 8.01 Å². The largest absolute Gasteiger partial charge is 0.372 e. The summed E-state index contributed by atoms with van der Waals surface area (Å²) in [6.45, 7) is 3.12. The van der Waals surface area contributed by atoms with Gasteiger partial charge in [0.05, 0.1) is 28.6 Å². The van der Waals surface area contributed by atoms with Crippen LogP contribution in [-0.4, -0.2) is 25.6 Å². The molecule has 0 spiro atoms. The average Bonchev–Trinajstić information content (AvgIpc) is 2.16. The highest BCUT2D eigenvalue weighted by molar-refractivity contribution is 14.1. The number of pyridine rings is 1. The minimum atomic E-state index is 0.989. The summed E-state index contributed by atoms with van der Waals surface area (Å²) in [6.07, 6.45) is 1.82. The molecule has 0 bridgehead atoms. The van der Waals surface area contributed by atoms with Crippen LogP contribution in [-0.2, 0) is 0 Å². The maximum Gasteiger partial charge on any atom is 0.160 e. The Labute approximate surface area is 93.2 Å². The fraction of sp³-hybridized carbons (Fsp3) is 0.444. The van der Waals surface area contributed by atoms with Crippen molar-refractivity contribution in [2.45, 2.75) is 6.92 Å². The highest BCUT2D eigenvalue weighted by Gasteiger charge is 2.08. The molecule has 72 valence electrons. The minimum Gasteiger partial charge on any atom is -0.372 e. The summed E-state index contributed by atoms with van der Waals surface area (Å²) in [5, 5.41) is 0. The molecule has 0 fully saturated rings. The van der Waals surface area contributed by atoms with E-state index in [9.17, 15) is 0 Å². The van der Waals surface area contributed by atoms with Crippen LogP contribution in [0.5, 0.6) is 0 Å². The van der Waals surface area contributed by atoms with E-state index in [1.807, 2.05) is 22.4 Å². The van der Waals surface area contributed by atoms with Crippen LogP contribution in [0.15, 0.2) is 18.3 Å². The van der Waals surface area contributed by atoms with Gasteiger partial charge in [0.15, 0.2) is 5.82 Å². The molecule has 1 rings (SSSR count). The lowest BCUT2D eigenvalue weighted by Crippen LogP contribution is -2.19. The van der Waals surface area contributed by atoms with E-state index in [1.165, 1.54) is 5.69 Å². The zero-order valence-electron chi connectivity index (χ0n) is 8.16. The van der Waals surface area contributed by atoms with Crippen molar-refractivity contribution in [2.24, 2.45) is 0 Å². The molecule has 0 aliphatic carbocycles. The first-order chi connectivity index (χ1) is 6.16. The zero-order valence-corrected chi connectivity index (χ0v) is 10.3. The second kappa shape index (κ2) is 4.64. The number of nitrogens with zero attached hydrogens (tertiary/aromatic N) is 3. The van der Waals surface area contributed by atoms with Crippen molar-refractivity contribution < 1.29 is 0 Å². The lowest BCUT2D eigenvalue weighted by atomic mass is 10.3. The van der Waals surface area contributed by atoms with Gasteiger partial charge in [-0.25, -0.2) is 4.98 Å². The molecule has 0 saturated carbocycles. The van der Waals surface area contributed by atoms with Crippen LogP contribution in [0.2, 0.25) is 0 Å². The van der Waals surface area contributed by atoms with Gasteiger partial charge in [0.1, 0.15) is 0 Å². The van der Waals surface area contributed by atoms with Crippen molar-refractivity contribution in [1.29, 1.82) is 0 Å². The first-order valence-corrected chi connectivity index (χ1v) is 5.19. The van der Waals surface area contributed by atoms with E-state index in [4.69, 9.17) is 0 Å². The fourth-order valence-corrected chi connectivity index (χ4v) is 1.47. The predicted molar refractivity (Wildman–Crippen MR) is 65.6 cm³/mol. The van der Waals surface area contributed by atoms with Crippen molar-refractivity contribution in [3.8, 4) is 0 Å². The summed E-state index contributed by atoms with van der Waals surface area (Å²) in [5.74, 6) is 1.01. The first kappa shape index (κ1) is 10.6. The maximum absolute atomic E-state index is 4.32. The Morgan fingerprint density at radius 1 is 1.46 bits per heavy atom. The molecule has 0 aliphatic heterocycles. The van der Waals surface area contributed by atoms with Gasteiger partial charge in [-0.05, 0) is 19.1 Å². The number of hydrogen-bond donors (Lipinski definition) is 0. The lowest BCUT2D eigenvalue weighted by Gasteiger charge is -2.21. The Hall–Kier alpha value is -0.520. The van der Waals surface area contributed by atoms with Crippen LogP contribution in [0.1, 0.15) is 6.92 Å². The monoisotopic (exact) mass is 291 g/mol. The Kier molecular flexibility index (Phi) is 3.77. The van der Waals surface area contributed by atoms with Crippen molar-refractivity contribution in [1.82, 2.24) is 4.98 Å². The molecule has 0 aromatic carbocycles. The first-order valence-electron chi connectivity index (χ1n) is 4.22. The fourth-order valence-electron chi connectivity index (χ4n) is 1.09. The van der Waals surface area contributed by atoms with Gasteiger partial charge in [-0.2, -0.15) is 0 Å². The van der Waals surface area contributed by atoms with E-state index in [2.05, 4.69) is 52.8 Å². The smallest absolute Gasteiger partial charge is 0.160 e. The normalized spacial score (nSPS) is 9.85. The third-order valence-electron chi connectivity index (χ3n) is 1.94. The molecule has 0 aliphatic rings. The highest BCUT2D eigenvalue weighted by atomic mass is 127. The van der Waals surface area contributed by atoms with Gasteiger partial charge in [-0.1, -0.05) is 0 Å². The topological polar surface area (TPSA) is 19.4 Å². The highest BCUT2D eigenvalue weighted by Crippen LogP contribution is 2.26. The van der Waals surface area contributed by atoms with Gasteiger partial charge in [0.2, 0.25) is 0 Å². The number of rotatable bonds is 3. The van der Waals surface area contributed by atoms with Gasteiger partial charge in [0.25, 0.3) is 0 Å². The quantitative estimate of drug-likeness (QED) is 0.629. The van der Waals surface area contributed by atoms with E-state index < -0.39 is 0 Å². The van der Waals surface area contributed by atoms with Crippen LogP contribution >= 0.6 is 22.9 Å². The second-order valence-electron chi connectivity index (χ2n) is 2.84. The molecule has 13 heavy (non-hydrogen) atoms. The van der Waals surface area contributed by atoms with E-state index in [0.29, 0.717) is 0 Å². The summed E-state index contributed by atoms with van der Waals surface area (Å²) in [7, 11) is 4.07. The number of hydrogen-bond acceptors (Lipinski definition) is 3. The summed E-state index contributed by atoms with van der Waals surface area (Å²) in [6, 6.07) is 4.05. The molecule has 0 atom stereocenters. The second-order valence-corrected chi connectivity index (χ2v) is 4.28. The van der Waals surface area contributed by atoms with Gasteiger partial charge in [0, 0.05) is 26.8 Å². The Morgan fingerprint density at radius 2 is 2.15 bits per heavy atom. The Balaban J connectivity index is 3.04. The van der Waals surface area contributed by atoms with Crippen LogP contribution in [0, 0.1) is 0 Å². The third kappa shape index (κ3) is 2.46. The predicted octanol–water partition coefficient (Wildman–Crippen LogP) is 2.32. The molecular formula is C9H14IN3. The molecule has 1 aromatic rings. The Bertz CT molecular complexity index is 275. The SMILES string of the molecule is CCN(C)c1cccnc1N(C)I. The molecule has 0 N–H and O–H groups in total. The van der Waals surface area contributed by atoms with Crippen molar-refractivity contribution in [2.75, 3.05) is 28.7 Å². The van der Waals surface area contributed by atoms with Crippen LogP contribution in [0.3, 0.4) is 0 Å².